The second kappa shape index (κ2) is 9.00. The Bertz CT molecular complexity index is 805. The third-order valence-corrected chi connectivity index (χ3v) is 5.32. The summed E-state index contributed by atoms with van der Waals surface area (Å²) in [7, 11) is 3.24. The van der Waals surface area contributed by atoms with Crippen LogP contribution in [0.2, 0.25) is 0 Å². The van der Waals surface area contributed by atoms with Crippen molar-refractivity contribution in [2.45, 2.75) is 39.2 Å². The molecule has 0 N–H and O–H groups in total. The van der Waals surface area contributed by atoms with Crippen molar-refractivity contribution in [2.75, 3.05) is 27.3 Å². The van der Waals surface area contributed by atoms with Crippen molar-refractivity contribution in [2.24, 2.45) is 0 Å². The predicted octanol–water partition coefficient (Wildman–Crippen LogP) is 3.93. The third kappa shape index (κ3) is 4.58. The molecule has 3 rings (SSSR count). The van der Waals surface area contributed by atoms with Gasteiger partial charge in [0.1, 0.15) is 23.4 Å². The lowest BCUT2D eigenvalue weighted by molar-refractivity contribution is -0.132. The lowest BCUT2D eigenvalue weighted by atomic mass is 10.0. The molecule has 0 unspecified atom stereocenters. The van der Waals surface area contributed by atoms with Gasteiger partial charge in [0, 0.05) is 31.5 Å². The molecule has 0 bridgehead atoms. The Morgan fingerprint density at radius 1 is 1.04 bits per heavy atom. The number of carbonyl (C=O) groups is 1. The summed E-state index contributed by atoms with van der Waals surface area (Å²) in [6.07, 6.45) is 2.14. The normalized spacial score (nSPS) is 14.6. The molecule has 0 atom stereocenters. The molecule has 0 aromatic heterocycles. The van der Waals surface area contributed by atoms with Crippen molar-refractivity contribution in [3.05, 3.63) is 53.1 Å². The van der Waals surface area contributed by atoms with E-state index in [0.29, 0.717) is 25.3 Å². The fourth-order valence-corrected chi connectivity index (χ4v) is 3.67. The highest BCUT2D eigenvalue weighted by atomic mass is 16.5. The van der Waals surface area contributed by atoms with Crippen LogP contribution in [0, 0.1) is 13.8 Å². The second-order valence-electron chi connectivity index (χ2n) is 7.27. The average molecular weight is 383 g/mol. The number of carbonyl (C=O) groups excluding carboxylic acids is 1. The molecule has 150 valence electrons. The van der Waals surface area contributed by atoms with E-state index in [4.69, 9.17) is 14.2 Å². The number of rotatable bonds is 6. The molecule has 5 heteroatoms. The van der Waals surface area contributed by atoms with Gasteiger partial charge in [0.15, 0.2) is 0 Å². The van der Waals surface area contributed by atoms with Gasteiger partial charge < -0.3 is 19.1 Å². The van der Waals surface area contributed by atoms with Gasteiger partial charge in [-0.05, 0) is 43.2 Å². The Kier molecular flexibility index (Phi) is 6.45. The fraction of sp³-hybridized carbons (Fsp3) is 0.435. The van der Waals surface area contributed by atoms with Crippen LogP contribution >= 0.6 is 0 Å². The number of methoxy groups -OCH3 is 2. The zero-order chi connectivity index (χ0) is 20.1. The van der Waals surface area contributed by atoms with Crippen LogP contribution in [-0.4, -0.2) is 44.2 Å². The molecule has 2 aromatic rings. The van der Waals surface area contributed by atoms with Gasteiger partial charge in [-0.2, -0.15) is 0 Å². The maximum Gasteiger partial charge on any atom is 0.227 e. The van der Waals surface area contributed by atoms with Crippen LogP contribution in [0.15, 0.2) is 36.4 Å². The number of amides is 1. The van der Waals surface area contributed by atoms with Gasteiger partial charge in [0.25, 0.3) is 0 Å². The SMILES string of the molecule is COc1ccc(OC)c(CC(=O)N2CCC(Oc3c(C)cccc3C)CC2)c1. The van der Waals surface area contributed by atoms with Crippen LogP contribution in [-0.2, 0) is 11.2 Å². The summed E-state index contributed by atoms with van der Waals surface area (Å²) in [5.41, 5.74) is 3.16. The average Bonchev–Trinajstić information content (AvgIpc) is 2.71. The van der Waals surface area contributed by atoms with Crippen molar-refractivity contribution in [3.63, 3.8) is 0 Å². The molecule has 1 fully saturated rings. The van der Waals surface area contributed by atoms with Crippen molar-refractivity contribution < 1.29 is 19.0 Å². The highest BCUT2D eigenvalue weighted by Crippen LogP contribution is 2.28. The van der Waals surface area contributed by atoms with Gasteiger partial charge in [0.2, 0.25) is 5.91 Å². The van der Waals surface area contributed by atoms with E-state index in [2.05, 4.69) is 26.0 Å². The lowest BCUT2D eigenvalue weighted by Crippen LogP contribution is -2.42. The highest BCUT2D eigenvalue weighted by Gasteiger charge is 2.25. The number of nitrogens with zero attached hydrogens (tertiary/aromatic N) is 1. The molecule has 1 aliphatic rings. The lowest BCUT2D eigenvalue weighted by Gasteiger charge is -2.33. The number of hydrogen-bond donors (Lipinski definition) is 0. The summed E-state index contributed by atoms with van der Waals surface area (Å²) >= 11 is 0. The van der Waals surface area contributed by atoms with Crippen molar-refractivity contribution in [3.8, 4) is 17.2 Å². The van der Waals surface area contributed by atoms with Gasteiger partial charge in [-0.15, -0.1) is 0 Å². The van der Waals surface area contributed by atoms with Crippen molar-refractivity contribution in [1.82, 2.24) is 4.90 Å². The van der Waals surface area contributed by atoms with E-state index in [9.17, 15) is 4.79 Å². The van der Waals surface area contributed by atoms with Crippen LogP contribution in [0.1, 0.15) is 29.5 Å². The summed E-state index contributed by atoms with van der Waals surface area (Å²) in [6.45, 7) is 5.56. The van der Waals surface area contributed by atoms with Crippen LogP contribution in [0.25, 0.3) is 0 Å². The fourth-order valence-electron chi connectivity index (χ4n) is 3.67. The van der Waals surface area contributed by atoms with E-state index in [0.717, 1.165) is 41.0 Å². The number of para-hydroxylation sites is 1. The Hall–Kier alpha value is -2.69. The van der Waals surface area contributed by atoms with E-state index in [1.54, 1.807) is 14.2 Å². The zero-order valence-corrected chi connectivity index (χ0v) is 17.2. The van der Waals surface area contributed by atoms with E-state index < -0.39 is 0 Å². The molecule has 0 aliphatic carbocycles. The Morgan fingerprint density at radius 3 is 2.32 bits per heavy atom. The van der Waals surface area contributed by atoms with Crippen LogP contribution in [0.5, 0.6) is 17.2 Å². The minimum Gasteiger partial charge on any atom is -0.497 e. The first-order valence-electron chi connectivity index (χ1n) is 9.73. The summed E-state index contributed by atoms with van der Waals surface area (Å²) in [5, 5.41) is 0. The van der Waals surface area contributed by atoms with E-state index >= 15 is 0 Å². The number of aryl methyl sites for hydroxylation is 2. The molecule has 0 saturated carbocycles. The molecule has 28 heavy (non-hydrogen) atoms. The molecule has 1 amide bonds. The quantitative estimate of drug-likeness (QED) is 0.758. The zero-order valence-electron chi connectivity index (χ0n) is 17.2. The maximum absolute atomic E-state index is 12.8. The molecule has 1 saturated heterocycles. The predicted molar refractivity (Wildman–Crippen MR) is 109 cm³/mol. The largest absolute Gasteiger partial charge is 0.497 e. The summed E-state index contributed by atoms with van der Waals surface area (Å²) in [6, 6.07) is 11.7. The smallest absolute Gasteiger partial charge is 0.227 e. The third-order valence-electron chi connectivity index (χ3n) is 5.32. The first kappa shape index (κ1) is 20.1. The highest BCUT2D eigenvalue weighted by molar-refractivity contribution is 5.79. The first-order chi connectivity index (χ1) is 13.5. The Balaban J connectivity index is 1.58. The number of piperidine rings is 1. The van der Waals surface area contributed by atoms with E-state index in [1.807, 2.05) is 29.2 Å². The Morgan fingerprint density at radius 2 is 1.71 bits per heavy atom. The van der Waals surface area contributed by atoms with Gasteiger partial charge >= 0.3 is 0 Å². The molecular weight excluding hydrogens is 354 g/mol. The first-order valence-corrected chi connectivity index (χ1v) is 9.73. The monoisotopic (exact) mass is 383 g/mol. The minimum absolute atomic E-state index is 0.108. The van der Waals surface area contributed by atoms with Gasteiger partial charge in [-0.25, -0.2) is 0 Å². The van der Waals surface area contributed by atoms with Crippen molar-refractivity contribution in [1.29, 1.82) is 0 Å². The molecule has 0 spiro atoms. The van der Waals surface area contributed by atoms with Crippen LogP contribution in [0.3, 0.4) is 0 Å². The number of ether oxygens (including phenoxy) is 3. The standard InChI is InChI=1S/C23H29NO4/c1-16-6-5-7-17(2)23(16)28-19-10-12-24(13-11-19)22(25)15-18-14-20(26-3)8-9-21(18)27-4/h5-9,14,19H,10-13,15H2,1-4H3. The van der Waals surface area contributed by atoms with Gasteiger partial charge in [-0.3, -0.25) is 4.79 Å². The van der Waals surface area contributed by atoms with E-state index in [-0.39, 0.29) is 12.0 Å². The maximum atomic E-state index is 12.8. The Labute approximate surface area is 167 Å². The molecule has 1 heterocycles. The number of benzene rings is 2. The molecule has 2 aromatic carbocycles. The summed E-state index contributed by atoms with van der Waals surface area (Å²) in [4.78, 5) is 14.7. The summed E-state index contributed by atoms with van der Waals surface area (Å²) in [5.74, 6) is 2.53. The van der Waals surface area contributed by atoms with Gasteiger partial charge in [0.05, 0.1) is 20.6 Å². The van der Waals surface area contributed by atoms with Crippen LogP contribution < -0.4 is 14.2 Å². The topological polar surface area (TPSA) is 48.0 Å². The minimum atomic E-state index is 0.108. The molecule has 0 radical (unpaired) electrons. The summed E-state index contributed by atoms with van der Waals surface area (Å²) < 4.78 is 16.9. The molecule has 5 nitrogen and oxygen atoms in total. The molecular formula is C23H29NO4. The van der Waals surface area contributed by atoms with Crippen LogP contribution in [0.4, 0.5) is 0 Å². The number of hydrogen-bond acceptors (Lipinski definition) is 4. The van der Waals surface area contributed by atoms with Gasteiger partial charge in [-0.1, -0.05) is 18.2 Å². The van der Waals surface area contributed by atoms with E-state index in [1.165, 1.54) is 0 Å². The molecule has 1 aliphatic heterocycles. The number of likely N-dealkylation sites (tertiary alicyclic amines) is 1. The van der Waals surface area contributed by atoms with Crippen molar-refractivity contribution >= 4 is 5.91 Å². The second-order valence-corrected chi connectivity index (χ2v) is 7.27.